The molecular formula is C12H13N5OS. The summed E-state index contributed by atoms with van der Waals surface area (Å²) in [4.78, 5) is 5.57. The van der Waals surface area contributed by atoms with E-state index in [9.17, 15) is 0 Å². The molecule has 0 fully saturated rings. The van der Waals surface area contributed by atoms with Crippen molar-refractivity contribution in [2.45, 2.75) is 13.3 Å². The van der Waals surface area contributed by atoms with Crippen LogP contribution >= 0.6 is 11.3 Å². The smallest absolute Gasteiger partial charge is 0.261 e. The number of aryl methyl sites for hydroxylation is 2. The van der Waals surface area contributed by atoms with Crippen LogP contribution < -0.4 is 5.73 Å². The largest absolute Gasteiger partial charge is 0.390 e. The second-order valence-corrected chi connectivity index (χ2v) is 5.34. The molecule has 0 spiro atoms. The molecule has 6 nitrogen and oxygen atoms in total. The van der Waals surface area contributed by atoms with E-state index >= 15 is 0 Å². The minimum Gasteiger partial charge on any atom is -0.390 e. The maximum atomic E-state index is 5.98. The highest BCUT2D eigenvalue weighted by atomic mass is 32.1. The van der Waals surface area contributed by atoms with Crippen molar-refractivity contribution in [3.05, 3.63) is 23.3 Å². The first-order valence-corrected chi connectivity index (χ1v) is 6.70. The van der Waals surface area contributed by atoms with Crippen molar-refractivity contribution in [2.24, 2.45) is 7.05 Å². The van der Waals surface area contributed by atoms with Gasteiger partial charge in [0.25, 0.3) is 5.89 Å². The van der Waals surface area contributed by atoms with E-state index < -0.39 is 0 Å². The van der Waals surface area contributed by atoms with Crippen molar-refractivity contribution in [1.82, 2.24) is 19.9 Å². The van der Waals surface area contributed by atoms with E-state index in [0.29, 0.717) is 16.7 Å². The predicted octanol–water partition coefficient (Wildman–Crippen LogP) is 2.34. The summed E-state index contributed by atoms with van der Waals surface area (Å²) >= 11 is 1.55. The van der Waals surface area contributed by atoms with E-state index in [1.807, 2.05) is 19.3 Å². The molecule has 0 unspecified atom stereocenters. The number of anilines is 1. The molecule has 98 valence electrons. The Morgan fingerprint density at radius 2 is 2.32 bits per heavy atom. The Labute approximate surface area is 113 Å². The van der Waals surface area contributed by atoms with Gasteiger partial charge in [-0.25, -0.2) is 0 Å². The summed E-state index contributed by atoms with van der Waals surface area (Å²) < 4.78 is 6.98. The molecule has 3 aromatic rings. The Kier molecular flexibility index (Phi) is 2.83. The fraction of sp³-hybridized carbons (Fsp3) is 0.250. The molecule has 0 amide bonds. The van der Waals surface area contributed by atoms with Gasteiger partial charge in [-0.1, -0.05) is 12.1 Å². The standard InChI is InChI=1S/C12H13N5OS/c1-3-8-4-9(10(13)19-8)12-15-11(16-18-12)7-5-14-17(2)6-7/h4-6H,3,13H2,1-2H3. The van der Waals surface area contributed by atoms with Gasteiger partial charge in [-0.2, -0.15) is 10.1 Å². The van der Waals surface area contributed by atoms with Crippen LogP contribution in [-0.2, 0) is 13.5 Å². The number of aromatic nitrogens is 4. The molecule has 2 N–H and O–H groups in total. The molecular weight excluding hydrogens is 262 g/mol. The van der Waals surface area contributed by atoms with E-state index in [1.165, 1.54) is 4.88 Å². The molecule has 3 heterocycles. The Morgan fingerprint density at radius 3 is 2.95 bits per heavy atom. The topological polar surface area (TPSA) is 82.8 Å². The third-order valence-electron chi connectivity index (χ3n) is 2.78. The first-order chi connectivity index (χ1) is 9.17. The predicted molar refractivity (Wildman–Crippen MR) is 73.6 cm³/mol. The first-order valence-electron chi connectivity index (χ1n) is 5.88. The van der Waals surface area contributed by atoms with Gasteiger partial charge >= 0.3 is 0 Å². The van der Waals surface area contributed by atoms with Gasteiger partial charge in [-0.3, -0.25) is 4.68 Å². The number of hydrogen-bond donors (Lipinski definition) is 1. The molecule has 3 aromatic heterocycles. The summed E-state index contributed by atoms with van der Waals surface area (Å²) in [5.41, 5.74) is 7.61. The van der Waals surface area contributed by atoms with Gasteiger partial charge in [0, 0.05) is 18.1 Å². The lowest BCUT2D eigenvalue weighted by Gasteiger charge is -1.88. The SMILES string of the molecule is CCc1cc(-c2nc(-c3cnn(C)c3)no2)c(N)s1. The van der Waals surface area contributed by atoms with Gasteiger partial charge in [0.15, 0.2) is 0 Å². The number of thiophene rings is 1. The number of nitrogen functional groups attached to an aromatic ring is 1. The van der Waals surface area contributed by atoms with Crippen LogP contribution in [0.25, 0.3) is 22.8 Å². The number of nitrogens with two attached hydrogens (primary N) is 1. The van der Waals surface area contributed by atoms with Gasteiger partial charge in [0.05, 0.1) is 22.3 Å². The zero-order chi connectivity index (χ0) is 13.4. The van der Waals surface area contributed by atoms with Crippen molar-refractivity contribution < 1.29 is 4.52 Å². The first kappa shape index (κ1) is 11.9. The van der Waals surface area contributed by atoms with Gasteiger partial charge in [-0.15, -0.1) is 11.3 Å². The summed E-state index contributed by atoms with van der Waals surface area (Å²) in [6.07, 6.45) is 4.48. The maximum absolute atomic E-state index is 5.98. The van der Waals surface area contributed by atoms with Crippen LogP contribution in [0, 0.1) is 0 Å². The summed E-state index contributed by atoms with van der Waals surface area (Å²) in [5.74, 6) is 0.971. The van der Waals surface area contributed by atoms with Crippen LogP contribution in [0.3, 0.4) is 0 Å². The highest BCUT2D eigenvalue weighted by Crippen LogP contribution is 2.34. The Balaban J connectivity index is 1.98. The van der Waals surface area contributed by atoms with Crippen LogP contribution in [0.1, 0.15) is 11.8 Å². The number of hydrogen-bond acceptors (Lipinski definition) is 6. The minimum atomic E-state index is 0.451. The quantitative estimate of drug-likeness (QED) is 0.793. The lowest BCUT2D eigenvalue weighted by atomic mass is 10.2. The van der Waals surface area contributed by atoms with Crippen molar-refractivity contribution in [3.8, 4) is 22.8 Å². The van der Waals surface area contributed by atoms with Crippen LogP contribution in [0.2, 0.25) is 0 Å². The second-order valence-electron chi connectivity index (χ2n) is 4.17. The van der Waals surface area contributed by atoms with Gasteiger partial charge < -0.3 is 10.3 Å². The van der Waals surface area contributed by atoms with Crippen molar-refractivity contribution in [3.63, 3.8) is 0 Å². The van der Waals surface area contributed by atoms with Crippen molar-refractivity contribution >= 4 is 16.3 Å². The van der Waals surface area contributed by atoms with E-state index in [1.54, 1.807) is 22.2 Å². The van der Waals surface area contributed by atoms with Gasteiger partial charge in [-0.05, 0) is 12.5 Å². The molecule has 0 radical (unpaired) electrons. The summed E-state index contributed by atoms with van der Waals surface area (Å²) in [7, 11) is 1.84. The zero-order valence-corrected chi connectivity index (χ0v) is 11.4. The molecule has 0 aliphatic rings. The molecule has 0 bridgehead atoms. The highest BCUT2D eigenvalue weighted by molar-refractivity contribution is 7.16. The molecule has 0 atom stereocenters. The summed E-state index contributed by atoms with van der Waals surface area (Å²) in [6, 6.07) is 2.00. The van der Waals surface area contributed by atoms with Crippen LogP contribution in [-0.4, -0.2) is 19.9 Å². The van der Waals surface area contributed by atoms with Crippen molar-refractivity contribution in [1.29, 1.82) is 0 Å². The molecule has 3 rings (SSSR count). The normalized spacial score (nSPS) is 11.1. The van der Waals surface area contributed by atoms with E-state index in [0.717, 1.165) is 17.5 Å². The average Bonchev–Trinajstić information content (AvgIpc) is 3.07. The van der Waals surface area contributed by atoms with Crippen molar-refractivity contribution in [2.75, 3.05) is 5.73 Å². The molecule has 19 heavy (non-hydrogen) atoms. The van der Waals surface area contributed by atoms with Crippen LogP contribution in [0.5, 0.6) is 0 Å². The summed E-state index contributed by atoms with van der Waals surface area (Å²) in [5, 5.41) is 8.75. The Morgan fingerprint density at radius 1 is 1.47 bits per heavy atom. The fourth-order valence-corrected chi connectivity index (χ4v) is 2.65. The number of rotatable bonds is 3. The van der Waals surface area contributed by atoms with E-state index in [2.05, 4.69) is 22.2 Å². The lowest BCUT2D eigenvalue weighted by molar-refractivity contribution is 0.432. The fourth-order valence-electron chi connectivity index (χ4n) is 1.79. The third-order valence-corrected chi connectivity index (χ3v) is 3.89. The molecule has 7 heteroatoms. The lowest BCUT2D eigenvalue weighted by Crippen LogP contribution is -1.85. The molecule has 0 aromatic carbocycles. The average molecular weight is 275 g/mol. The molecule has 0 saturated carbocycles. The summed E-state index contributed by atoms with van der Waals surface area (Å²) in [6.45, 7) is 2.09. The van der Waals surface area contributed by atoms with Crippen LogP contribution in [0.15, 0.2) is 23.0 Å². The second kappa shape index (κ2) is 4.51. The minimum absolute atomic E-state index is 0.451. The number of nitrogens with zero attached hydrogens (tertiary/aromatic N) is 4. The Hall–Kier alpha value is -2.15. The van der Waals surface area contributed by atoms with E-state index in [4.69, 9.17) is 10.3 Å². The zero-order valence-electron chi connectivity index (χ0n) is 10.6. The molecule has 0 saturated heterocycles. The monoisotopic (exact) mass is 275 g/mol. The molecule has 0 aliphatic carbocycles. The van der Waals surface area contributed by atoms with E-state index in [-0.39, 0.29) is 0 Å². The highest BCUT2D eigenvalue weighted by Gasteiger charge is 2.16. The maximum Gasteiger partial charge on any atom is 0.261 e. The van der Waals surface area contributed by atoms with Gasteiger partial charge in [0.1, 0.15) is 0 Å². The third kappa shape index (κ3) is 2.12. The molecule has 0 aliphatic heterocycles. The van der Waals surface area contributed by atoms with Gasteiger partial charge in [0.2, 0.25) is 5.82 Å². The van der Waals surface area contributed by atoms with Crippen LogP contribution in [0.4, 0.5) is 5.00 Å². The Bertz CT molecular complexity index is 711.